The lowest BCUT2D eigenvalue weighted by molar-refractivity contribution is -0.137. The number of hydrogen-bond acceptors (Lipinski definition) is 3. The minimum Gasteiger partial charge on any atom is -0.348 e. The first-order valence-electron chi connectivity index (χ1n) is 11.3. The van der Waals surface area contributed by atoms with Crippen LogP contribution in [0.5, 0.6) is 0 Å². The summed E-state index contributed by atoms with van der Waals surface area (Å²) in [4.78, 5) is 28.1. The van der Waals surface area contributed by atoms with Crippen LogP contribution in [-0.4, -0.2) is 37.2 Å². The second kappa shape index (κ2) is 8.69. The van der Waals surface area contributed by atoms with Crippen LogP contribution in [0.25, 0.3) is 16.5 Å². The molecule has 1 amide bonds. The van der Waals surface area contributed by atoms with Crippen LogP contribution >= 0.6 is 0 Å². The second-order valence-electron chi connectivity index (χ2n) is 8.84. The van der Waals surface area contributed by atoms with Gasteiger partial charge in [-0.1, -0.05) is 18.2 Å². The summed E-state index contributed by atoms with van der Waals surface area (Å²) < 4.78 is 3.63. The van der Waals surface area contributed by atoms with Gasteiger partial charge in [0.25, 0.3) is 5.56 Å². The number of carbonyl (C=O) groups is 1. The van der Waals surface area contributed by atoms with Crippen molar-refractivity contribution in [2.45, 2.75) is 78.4 Å². The second-order valence-corrected chi connectivity index (χ2v) is 8.84. The fourth-order valence-corrected chi connectivity index (χ4v) is 5.13. The zero-order valence-electron chi connectivity index (χ0n) is 19.0. The zero-order chi connectivity index (χ0) is 22.1. The van der Waals surface area contributed by atoms with Crippen LogP contribution in [0.2, 0.25) is 0 Å². The predicted octanol–water partition coefficient (Wildman–Crippen LogP) is 4.37. The van der Waals surface area contributed by atoms with Crippen molar-refractivity contribution in [3.05, 3.63) is 58.3 Å². The highest BCUT2D eigenvalue weighted by Crippen LogP contribution is 2.25. The number of likely N-dealkylation sites (tertiary alicyclic amines) is 1. The van der Waals surface area contributed by atoms with Gasteiger partial charge in [0.1, 0.15) is 0 Å². The molecule has 0 radical (unpaired) electrons. The number of fused-ring (bicyclic) bond motifs is 1. The molecule has 0 N–H and O–H groups in total. The Morgan fingerprint density at radius 1 is 1.06 bits per heavy atom. The van der Waals surface area contributed by atoms with Crippen molar-refractivity contribution in [2.75, 3.05) is 0 Å². The Kier molecular flexibility index (Phi) is 5.99. The molecule has 0 saturated carbocycles. The summed E-state index contributed by atoms with van der Waals surface area (Å²) in [6, 6.07) is 10.1. The van der Waals surface area contributed by atoms with Gasteiger partial charge in [-0.25, -0.2) is 0 Å². The molecule has 3 aromatic rings. The van der Waals surface area contributed by atoms with Gasteiger partial charge in [-0.3, -0.25) is 9.59 Å². The van der Waals surface area contributed by atoms with Crippen molar-refractivity contribution < 1.29 is 4.79 Å². The van der Waals surface area contributed by atoms with Crippen molar-refractivity contribution in [3.63, 3.8) is 0 Å². The number of piperidine rings is 1. The summed E-state index contributed by atoms with van der Waals surface area (Å²) in [7, 11) is 0. The third-order valence-electron chi connectivity index (χ3n) is 6.79. The minimum atomic E-state index is -0.102. The Morgan fingerprint density at radius 2 is 1.74 bits per heavy atom. The number of nitrogens with zero attached hydrogens (tertiary/aromatic N) is 4. The van der Waals surface area contributed by atoms with Gasteiger partial charge in [-0.15, -0.1) is 0 Å². The van der Waals surface area contributed by atoms with Gasteiger partial charge in [0, 0.05) is 41.8 Å². The smallest absolute Gasteiger partial charge is 0.281 e. The number of aromatic nitrogens is 3. The maximum Gasteiger partial charge on any atom is 0.281 e. The lowest BCUT2D eigenvalue weighted by Crippen LogP contribution is -2.47. The van der Waals surface area contributed by atoms with Crippen LogP contribution in [0.15, 0.2) is 41.3 Å². The first-order chi connectivity index (χ1) is 14.9. The first kappa shape index (κ1) is 21.3. The van der Waals surface area contributed by atoms with Crippen LogP contribution in [0.4, 0.5) is 0 Å². The number of benzene rings is 1. The van der Waals surface area contributed by atoms with E-state index in [1.165, 1.54) is 11.1 Å². The maximum atomic E-state index is 13.2. The number of hydrogen-bond donors (Lipinski definition) is 0. The highest BCUT2D eigenvalue weighted by Gasteiger charge is 2.28. The predicted molar refractivity (Wildman–Crippen MR) is 124 cm³/mol. The average Bonchev–Trinajstić information content (AvgIpc) is 3.00. The summed E-state index contributed by atoms with van der Waals surface area (Å²) in [6.07, 6.45) is 6.47. The minimum absolute atomic E-state index is 0.102. The molecule has 1 aliphatic heterocycles. The summed E-state index contributed by atoms with van der Waals surface area (Å²) >= 11 is 0. The van der Waals surface area contributed by atoms with Crippen molar-refractivity contribution in [3.8, 4) is 5.69 Å². The molecule has 3 heterocycles. The Bertz CT molecular complexity index is 1140. The normalized spacial score (nSPS) is 19.2. The molecular formula is C25H32N4O2. The summed E-state index contributed by atoms with van der Waals surface area (Å²) in [5.41, 5.74) is 2.63. The summed E-state index contributed by atoms with van der Waals surface area (Å²) in [6.45, 7) is 9.05. The number of rotatable bonds is 5. The van der Waals surface area contributed by atoms with Crippen LogP contribution in [0.1, 0.15) is 57.3 Å². The highest BCUT2D eigenvalue weighted by atomic mass is 16.2. The fraction of sp³-hybridized carbons (Fsp3) is 0.480. The Hall–Kier alpha value is -2.89. The number of para-hydroxylation sites is 1. The number of carbonyl (C=O) groups excluding carboxylic acids is 1. The standard InChI is InChI=1S/C25H32N4O2/c1-17-10-8-11-18(2)28(17)23(30)14-9-15-27-19(3)22-16-26-29(21-12-6-5-7-13-21)25(31)24(22)20(27)4/h5-7,12-13,16-18H,8-11,14-15H2,1-4H3/t17-,18+. The van der Waals surface area contributed by atoms with Gasteiger partial charge in [0.05, 0.1) is 17.3 Å². The van der Waals surface area contributed by atoms with E-state index in [1.54, 1.807) is 6.20 Å². The quantitative estimate of drug-likeness (QED) is 0.616. The van der Waals surface area contributed by atoms with Crippen molar-refractivity contribution >= 4 is 16.7 Å². The summed E-state index contributed by atoms with van der Waals surface area (Å²) in [5, 5.41) is 6.01. The van der Waals surface area contributed by atoms with Crippen LogP contribution in [0, 0.1) is 13.8 Å². The van der Waals surface area contributed by atoms with Crippen LogP contribution in [-0.2, 0) is 11.3 Å². The fourth-order valence-electron chi connectivity index (χ4n) is 5.13. The largest absolute Gasteiger partial charge is 0.348 e. The molecular weight excluding hydrogens is 388 g/mol. The molecule has 2 atom stereocenters. The molecule has 1 aliphatic rings. The Labute approximate surface area is 183 Å². The van der Waals surface area contributed by atoms with Gasteiger partial charge in [-0.05, 0) is 65.5 Å². The third kappa shape index (κ3) is 3.91. The molecule has 0 spiro atoms. The molecule has 1 aromatic carbocycles. The lowest BCUT2D eigenvalue weighted by Gasteiger charge is -2.39. The van der Waals surface area contributed by atoms with E-state index in [9.17, 15) is 9.59 Å². The van der Waals surface area contributed by atoms with Gasteiger partial charge in [0.15, 0.2) is 0 Å². The van der Waals surface area contributed by atoms with E-state index in [1.807, 2.05) is 44.2 Å². The van der Waals surface area contributed by atoms with Crippen LogP contribution < -0.4 is 5.56 Å². The molecule has 6 heteroatoms. The van der Waals surface area contributed by atoms with Crippen LogP contribution in [0.3, 0.4) is 0 Å². The van der Waals surface area contributed by atoms with E-state index in [4.69, 9.17) is 0 Å². The average molecular weight is 421 g/mol. The van der Waals surface area contributed by atoms with Crippen molar-refractivity contribution in [2.24, 2.45) is 0 Å². The first-order valence-corrected chi connectivity index (χ1v) is 11.3. The van der Waals surface area contributed by atoms with E-state index in [2.05, 4.69) is 28.4 Å². The maximum absolute atomic E-state index is 13.2. The van der Waals surface area contributed by atoms with Gasteiger partial charge in [-0.2, -0.15) is 9.78 Å². The van der Waals surface area contributed by atoms with Gasteiger partial charge in [0.2, 0.25) is 5.91 Å². The molecule has 0 aliphatic carbocycles. The van der Waals surface area contributed by atoms with Gasteiger partial charge >= 0.3 is 0 Å². The van der Waals surface area contributed by atoms with Gasteiger partial charge < -0.3 is 9.47 Å². The van der Waals surface area contributed by atoms with Crippen molar-refractivity contribution in [1.82, 2.24) is 19.2 Å². The molecule has 1 fully saturated rings. The van der Waals surface area contributed by atoms with E-state index in [0.717, 1.165) is 48.3 Å². The van der Waals surface area contributed by atoms with E-state index in [-0.39, 0.29) is 11.5 Å². The van der Waals surface area contributed by atoms with Crippen molar-refractivity contribution in [1.29, 1.82) is 0 Å². The third-order valence-corrected chi connectivity index (χ3v) is 6.79. The molecule has 4 rings (SSSR count). The zero-order valence-corrected chi connectivity index (χ0v) is 19.0. The molecule has 31 heavy (non-hydrogen) atoms. The Morgan fingerprint density at radius 3 is 2.42 bits per heavy atom. The monoisotopic (exact) mass is 420 g/mol. The molecule has 2 aromatic heterocycles. The number of aryl methyl sites for hydroxylation is 2. The topological polar surface area (TPSA) is 60.1 Å². The SMILES string of the molecule is Cc1c2cnn(-c3ccccc3)c(=O)c2c(C)n1CCCC(=O)N1[C@H](C)CCC[C@@H]1C. The molecule has 0 unspecified atom stereocenters. The lowest BCUT2D eigenvalue weighted by atomic mass is 9.97. The molecule has 6 nitrogen and oxygen atoms in total. The van der Waals surface area contributed by atoms with E-state index < -0.39 is 0 Å². The van der Waals surface area contributed by atoms with E-state index >= 15 is 0 Å². The molecule has 0 bridgehead atoms. The Balaban J connectivity index is 1.55. The molecule has 164 valence electrons. The molecule has 1 saturated heterocycles. The number of amides is 1. The summed E-state index contributed by atoms with van der Waals surface area (Å²) in [5.74, 6) is 0.250. The highest BCUT2D eigenvalue weighted by molar-refractivity contribution is 5.87. The van der Waals surface area contributed by atoms with E-state index in [0.29, 0.717) is 23.9 Å².